The van der Waals surface area contributed by atoms with E-state index >= 15 is 0 Å². The Hall–Kier alpha value is -2.25. The molecular weight excluding hydrogens is 344 g/mol. The molecule has 2 fully saturated rings. The molecule has 1 aromatic carbocycles. The summed E-state index contributed by atoms with van der Waals surface area (Å²) in [5.41, 5.74) is 8.94. The van der Waals surface area contributed by atoms with E-state index in [1.165, 1.54) is 12.8 Å². The molecule has 0 aromatic heterocycles. The number of nitrogens with one attached hydrogen (secondary N) is 2. The summed E-state index contributed by atoms with van der Waals surface area (Å²) in [7, 11) is 0. The summed E-state index contributed by atoms with van der Waals surface area (Å²) >= 11 is 0. The minimum Gasteiger partial charge on any atom is -0.326 e. The Balaban J connectivity index is 1.49. The van der Waals surface area contributed by atoms with Crippen LogP contribution < -0.4 is 16.4 Å². The minimum atomic E-state index is -0.574. The van der Waals surface area contributed by atoms with Gasteiger partial charge in [-0.3, -0.25) is 19.7 Å². The van der Waals surface area contributed by atoms with Gasteiger partial charge >= 0.3 is 0 Å². The van der Waals surface area contributed by atoms with Gasteiger partial charge in [0.1, 0.15) is 6.04 Å². The lowest BCUT2D eigenvalue weighted by Crippen LogP contribution is -2.52. The van der Waals surface area contributed by atoms with E-state index < -0.39 is 6.04 Å². The Bertz CT molecular complexity index is 778. The second kappa shape index (κ2) is 7.40. The average molecular weight is 370 g/mol. The van der Waals surface area contributed by atoms with Crippen molar-refractivity contribution in [1.29, 1.82) is 0 Å². The SMILES string of the molecule is N[C@H]1CCCC[C@@H]1NCc1cccc2c1CN(C1CCC(=O)NC1=O)C2=O. The Morgan fingerprint density at radius 1 is 1.15 bits per heavy atom. The van der Waals surface area contributed by atoms with Crippen molar-refractivity contribution in [2.24, 2.45) is 5.73 Å². The number of fused-ring (bicyclic) bond motifs is 1. The van der Waals surface area contributed by atoms with Crippen LogP contribution in [0, 0.1) is 0 Å². The zero-order chi connectivity index (χ0) is 19.0. The molecule has 1 unspecified atom stereocenters. The second-order valence-corrected chi connectivity index (χ2v) is 7.78. The third-order valence-electron chi connectivity index (χ3n) is 6.05. The predicted octanol–water partition coefficient (Wildman–Crippen LogP) is 0.807. The summed E-state index contributed by atoms with van der Waals surface area (Å²) in [5.74, 6) is -0.773. The maximum absolute atomic E-state index is 12.9. The van der Waals surface area contributed by atoms with Crippen molar-refractivity contribution in [3.63, 3.8) is 0 Å². The first-order chi connectivity index (χ1) is 13.0. The number of piperidine rings is 1. The third kappa shape index (κ3) is 3.49. The Labute approximate surface area is 158 Å². The summed E-state index contributed by atoms with van der Waals surface area (Å²) in [6.45, 7) is 1.08. The Kier molecular flexibility index (Phi) is 4.97. The first kappa shape index (κ1) is 18.1. The number of benzene rings is 1. The molecule has 2 heterocycles. The van der Waals surface area contributed by atoms with Crippen molar-refractivity contribution in [2.45, 2.75) is 69.7 Å². The van der Waals surface area contributed by atoms with Crippen LogP contribution in [0.15, 0.2) is 18.2 Å². The lowest BCUT2D eigenvalue weighted by Gasteiger charge is -2.30. The van der Waals surface area contributed by atoms with E-state index in [-0.39, 0.29) is 30.2 Å². The van der Waals surface area contributed by atoms with Gasteiger partial charge in [0, 0.05) is 37.2 Å². The quantitative estimate of drug-likeness (QED) is 0.680. The molecule has 0 bridgehead atoms. The van der Waals surface area contributed by atoms with Gasteiger partial charge in [0.25, 0.3) is 5.91 Å². The van der Waals surface area contributed by atoms with Gasteiger partial charge in [0.05, 0.1) is 0 Å². The number of nitrogens with two attached hydrogens (primary N) is 1. The molecule has 7 nitrogen and oxygen atoms in total. The smallest absolute Gasteiger partial charge is 0.255 e. The molecule has 4 rings (SSSR count). The highest BCUT2D eigenvalue weighted by molar-refractivity contribution is 6.05. The highest BCUT2D eigenvalue weighted by Crippen LogP contribution is 2.30. The number of rotatable bonds is 4. The van der Waals surface area contributed by atoms with Crippen LogP contribution in [-0.2, 0) is 22.7 Å². The number of imide groups is 1. The number of nitrogens with zero attached hydrogens (tertiary/aromatic N) is 1. The second-order valence-electron chi connectivity index (χ2n) is 7.78. The van der Waals surface area contributed by atoms with Crippen LogP contribution in [0.5, 0.6) is 0 Å². The van der Waals surface area contributed by atoms with Gasteiger partial charge in [-0.25, -0.2) is 0 Å². The van der Waals surface area contributed by atoms with Crippen molar-refractivity contribution < 1.29 is 14.4 Å². The molecule has 1 saturated heterocycles. The van der Waals surface area contributed by atoms with Crippen LogP contribution in [-0.4, -0.2) is 40.7 Å². The molecule has 1 aliphatic carbocycles. The number of hydrogen-bond acceptors (Lipinski definition) is 5. The van der Waals surface area contributed by atoms with Gasteiger partial charge in [-0.05, 0) is 36.5 Å². The predicted molar refractivity (Wildman–Crippen MR) is 99.6 cm³/mol. The van der Waals surface area contributed by atoms with E-state index in [1.54, 1.807) is 4.90 Å². The molecule has 1 saturated carbocycles. The van der Waals surface area contributed by atoms with Crippen LogP contribution in [0.4, 0.5) is 0 Å². The molecule has 2 aliphatic heterocycles. The van der Waals surface area contributed by atoms with Gasteiger partial charge in [0.2, 0.25) is 11.8 Å². The normalized spacial score (nSPS) is 28.3. The van der Waals surface area contributed by atoms with E-state index in [2.05, 4.69) is 10.6 Å². The molecule has 4 N–H and O–H groups in total. The standard InChI is InChI=1S/C20H26N4O3/c21-15-6-1-2-7-16(15)22-10-12-4-3-5-13-14(12)11-24(20(13)27)17-8-9-18(25)23-19(17)26/h3-5,15-17,22H,1-2,6-11,21H2,(H,23,25,26)/t15-,16-,17?/m0/s1. The number of carbonyl (C=O) groups excluding carboxylic acids is 3. The first-order valence-corrected chi connectivity index (χ1v) is 9.79. The molecular formula is C20H26N4O3. The van der Waals surface area contributed by atoms with Crippen molar-refractivity contribution in [3.8, 4) is 0 Å². The third-order valence-corrected chi connectivity index (χ3v) is 6.05. The Morgan fingerprint density at radius 2 is 1.96 bits per heavy atom. The number of carbonyl (C=O) groups is 3. The van der Waals surface area contributed by atoms with E-state index in [4.69, 9.17) is 5.73 Å². The van der Waals surface area contributed by atoms with Crippen LogP contribution in [0.25, 0.3) is 0 Å². The first-order valence-electron chi connectivity index (χ1n) is 9.79. The van der Waals surface area contributed by atoms with Crippen LogP contribution >= 0.6 is 0 Å². The van der Waals surface area contributed by atoms with E-state index in [0.29, 0.717) is 31.1 Å². The molecule has 144 valence electrons. The monoisotopic (exact) mass is 370 g/mol. The fourth-order valence-electron chi connectivity index (χ4n) is 4.47. The van der Waals surface area contributed by atoms with Gasteiger partial charge in [-0.1, -0.05) is 25.0 Å². The summed E-state index contributed by atoms with van der Waals surface area (Å²) in [5, 5.41) is 5.91. The fourth-order valence-corrected chi connectivity index (χ4v) is 4.47. The molecule has 27 heavy (non-hydrogen) atoms. The van der Waals surface area contributed by atoms with Gasteiger partial charge < -0.3 is 16.0 Å². The van der Waals surface area contributed by atoms with Crippen LogP contribution in [0.2, 0.25) is 0 Å². The van der Waals surface area contributed by atoms with Gasteiger partial charge in [-0.2, -0.15) is 0 Å². The van der Waals surface area contributed by atoms with E-state index in [0.717, 1.165) is 24.0 Å². The lowest BCUT2D eigenvalue weighted by molar-refractivity contribution is -0.136. The lowest BCUT2D eigenvalue weighted by atomic mass is 9.90. The van der Waals surface area contributed by atoms with Crippen molar-refractivity contribution in [3.05, 3.63) is 34.9 Å². The number of hydrogen-bond donors (Lipinski definition) is 3. The van der Waals surface area contributed by atoms with Crippen LogP contribution in [0.1, 0.15) is 60.0 Å². The maximum Gasteiger partial charge on any atom is 0.255 e. The van der Waals surface area contributed by atoms with Crippen molar-refractivity contribution in [2.75, 3.05) is 0 Å². The molecule has 7 heteroatoms. The summed E-state index contributed by atoms with van der Waals surface area (Å²) < 4.78 is 0. The summed E-state index contributed by atoms with van der Waals surface area (Å²) in [6.07, 6.45) is 5.17. The van der Waals surface area contributed by atoms with Gasteiger partial charge in [0.15, 0.2) is 0 Å². The van der Waals surface area contributed by atoms with Crippen molar-refractivity contribution >= 4 is 17.7 Å². The highest BCUT2D eigenvalue weighted by Gasteiger charge is 2.39. The number of amides is 3. The fraction of sp³-hybridized carbons (Fsp3) is 0.550. The molecule has 3 atom stereocenters. The molecule has 0 radical (unpaired) electrons. The topological polar surface area (TPSA) is 105 Å². The highest BCUT2D eigenvalue weighted by atomic mass is 16.2. The van der Waals surface area contributed by atoms with Gasteiger partial charge in [-0.15, -0.1) is 0 Å². The summed E-state index contributed by atoms with van der Waals surface area (Å²) in [4.78, 5) is 38.0. The van der Waals surface area contributed by atoms with Crippen molar-refractivity contribution in [1.82, 2.24) is 15.5 Å². The molecule has 3 amide bonds. The molecule has 3 aliphatic rings. The van der Waals surface area contributed by atoms with Crippen LogP contribution in [0.3, 0.4) is 0 Å². The molecule has 0 spiro atoms. The summed E-state index contributed by atoms with van der Waals surface area (Å²) in [6, 6.07) is 5.65. The largest absolute Gasteiger partial charge is 0.326 e. The maximum atomic E-state index is 12.9. The van der Waals surface area contributed by atoms with E-state index in [1.807, 2.05) is 18.2 Å². The molecule has 1 aromatic rings. The minimum absolute atomic E-state index is 0.129. The zero-order valence-electron chi connectivity index (χ0n) is 15.4. The van der Waals surface area contributed by atoms with E-state index in [9.17, 15) is 14.4 Å². The Morgan fingerprint density at radius 3 is 2.74 bits per heavy atom. The zero-order valence-corrected chi connectivity index (χ0v) is 15.4. The average Bonchev–Trinajstić information content (AvgIpc) is 2.98.